The van der Waals surface area contributed by atoms with Crippen LogP contribution in [-0.4, -0.2) is 34.2 Å². The summed E-state index contributed by atoms with van der Waals surface area (Å²) in [4.78, 5) is 9.06. The highest BCUT2D eigenvalue weighted by Gasteiger charge is 2.58. The van der Waals surface area contributed by atoms with Gasteiger partial charge >= 0.3 is 0 Å². The molecule has 0 spiro atoms. The highest BCUT2D eigenvalue weighted by atomic mass is 16.5. The molecule has 0 bridgehead atoms. The molecule has 0 unspecified atom stereocenters. The molecule has 45 heavy (non-hydrogen) atoms. The minimum Gasteiger partial charge on any atom is -0.481 e. The number of hydrogen-bond acceptors (Lipinski definition) is 9. The second-order valence-corrected chi connectivity index (χ2v) is 13.5. The number of ether oxygens (including phenoxy) is 1. The molecule has 2 aromatic carbocycles. The highest BCUT2D eigenvalue weighted by molar-refractivity contribution is 5.99. The fraction of sp³-hybridized carbons (Fsp3) is 0.361. The van der Waals surface area contributed by atoms with Crippen molar-refractivity contribution in [3.05, 3.63) is 77.4 Å². The van der Waals surface area contributed by atoms with E-state index in [-0.39, 0.29) is 17.0 Å². The Morgan fingerprint density at radius 1 is 1.13 bits per heavy atom. The molecule has 9 nitrogen and oxygen atoms in total. The largest absolute Gasteiger partial charge is 0.481 e. The Labute approximate surface area is 264 Å². The minimum absolute atomic E-state index is 0.0175. The van der Waals surface area contributed by atoms with Crippen LogP contribution in [0.5, 0.6) is 5.88 Å². The van der Waals surface area contributed by atoms with Crippen LogP contribution in [0.15, 0.2) is 60.7 Å². The minimum atomic E-state index is -0.299. The van der Waals surface area contributed by atoms with Gasteiger partial charge in [0.05, 0.1) is 46.7 Å². The zero-order valence-electron chi connectivity index (χ0n) is 26.2. The summed E-state index contributed by atoms with van der Waals surface area (Å²) in [5.74, 6) is 4.09. The molecule has 1 aliphatic heterocycles. The van der Waals surface area contributed by atoms with Crippen LogP contribution in [0.2, 0.25) is 0 Å². The van der Waals surface area contributed by atoms with Crippen molar-refractivity contribution >= 4 is 33.1 Å². The first-order valence-corrected chi connectivity index (χ1v) is 15.5. The number of terminal acetylenes is 1. The number of rotatable bonds is 9. The number of anilines is 2. The predicted molar refractivity (Wildman–Crippen MR) is 178 cm³/mol. The van der Waals surface area contributed by atoms with Gasteiger partial charge in [-0.1, -0.05) is 38.8 Å². The van der Waals surface area contributed by atoms with Crippen molar-refractivity contribution in [2.45, 2.75) is 58.0 Å². The maximum atomic E-state index is 10.2. The number of hydrazine groups is 2. The Hall–Kier alpha value is -4.99. The average molecular weight is 599 g/mol. The Kier molecular flexibility index (Phi) is 6.95. The Morgan fingerprint density at radius 3 is 2.64 bits per heavy atom. The van der Waals surface area contributed by atoms with Gasteiger partial charge in [-0.15, -0.1) is 12.0 Å². The van der Waals surface area contributed by atoms with E-state index in [0.29, 0.717) is 29.1 Å². The molecule has 1 atom stereocenters. The molecule has 228 valence electrons. The van der Waals surface area contributed by atoms with Gasteiger partial charge in [-0.05, 0) is 72.2 Å². The molecular weight excluding hydrogens is 560 g/mol. The van der Waals surface area contributed by atoms with E-state index in [1.54, 1.807) is 19.5 Å². The van der Waals surface area contributed by atoms with E-state index in [4.69, 9.17) is 11.2 Å². The second kappa shape index (κ2) is 10.9. The second-order valence-electron chi connectivity index (χ2n) is 13.5. The van der Waals surface area contributed by atoms with Crippen LogP contribution in [0, 0.1) is 35.0 Å². The van der Waals surface area contributed by atoms with Gasteiger partial charge in [0, 0.05) is 41.6 Å². The van der Waals surface area contributed by atoms with Crippen LogP contribution in [0.1, 0.15) is 69.2 Å². The van der Waals surface area contributed by atoms with E-state index in [1.165, 1.54) is 25.7 Å². The summed E-state index contributed by atoms with van der Waals surface area (Å²) in [6.07, 6.45) is 16.5. The van der Waals surface area contributed by atoms with Crippen LogP contribution in [0.4, 0.5) is 11.4 Å². The highest BCUT2D eigenvalue weighted by Crippen LogP contribution is 2.57. The van der Waals surface area contributed by atoms with Crippen molar-refractivity contribution in [2.24, 2.45) is 11.3 Å². The molecule has 2 saturated carbocycles. The molecule has 0 radical (unpaired) electrons. The van der Waals surface area contributed by atoms with Gasteiger partial charge in [-0.25, -0.2) is 4.98 Å². The number of hydrogen-bond donors (Lipinski definition) is 4. The summed E-state index contributed by atoms with van der Waals surface area (Å²) in [5, 5.41) is 22.6. The zero-order chi connectivity index (χ0) is 31.3. The molecular formula is C36H38N8O. The number of nitrogens with one attached hydrogen (secondary N) is 4. The first kappa shape index (κ1) is 28.8. The molecule has 2 aliphatic carbocycles. The van der Waals surface area contributed by atoms with Crippen molar-refractivity contribution < 1.29 is 4.74 Å². The molecule has 0 amide bonds. The molecule has 4 N–H and O–H groups in total. The molecule has 3 aliphatic rings. The van der Waals surface area contributed by atoms with Crippen LogP contribution in [-0.2, 0) is 0 Å². The SMILES string of the molecule is C#Cc1cnc2c(C#N)cc(N[C@H](C3=CN(C4(C5CC5)CC4)NN3)c3cccc4c(OC)nccc34)cc2c1NCC(C)(C)C. The lowest BCUT2D eigenvalue weighted by Gasteiger charge is -2.26. The van der Waals surface area contributed by atoms with Gasteiger partial charge in [-0.2, -0.15) is 5.26 Å². The summed E-state index contributed by atoms with van der Waals surface area (Å²) in [6.45, 7) is 7.21. The first-order valence-electron chi connectivity index (χ1n) is 15.5. The Balaban J connectivity index is 1.36. The van der Waals surface area contributed by atoms with E-state index in [2.05, 4.69) is 81.6 Å². The van der Waals surface area contributed by atoms with Crippen molar-refractivity contribution in [1.82, 2.24) is 25.9 Å². The molecule has 9 heteroatoms. The predicted octanol–water partition coefficient (Wildman–Crippen LogP) is 6.36. The Bertz CT molecular complexity index is 1920. The van der Waals surface area contributed by atoms with E-state index < -0.39 is 0 Å². The van der Waals surface area contributed by atoms with Crippen LogP contribution in [0.25, 0.3) is 21.7 Å². The Morgan fingerprint density at radius 2 is 1.96 bits per heavy atom. The van der Waals surface area contributed by atoms with Crippen molar-refractivity contribution in [2.75, 3.05) is 24.3 Å². The number of nitrogens with zero attached hydrogens (tertiary/aromatic N) is 4. The van der Waals surface area contributed by atoms with E-state index in [0.717, 1.165) is 44.7 Å². The topological polar surface area (TPSA) is 110 Å². The summed E-state index contributed by atoms with van der Waals surface area (Å²) in [5.41, 5.74) is 12.5. The average Bonchev–Trinajstić information content (AvgIpc) is 3.98. The van der Waals surface area contributed by atoms with Crippen molar-refractivity contribution in [1.29, 1.82) is 5.26 Å². The molecule has 2 aromatic heterocycles. The summed E-state index contributed by atoms with van der Waals surface area (Å²) < 4.78 is 5.62. The van der Waals surface area contributed by atoms with Gasteiger partial charge in [0.1, 0.15) is 6.07 Å². The standard InChI is InChI=1S/C36H38N8O/c1-6-22-19-39-32-23(18-37)16-25(17-29(32)31(22)40-21-35(2,3)4)41-33(27-8-7-9-28-26(27)12-15-38-34(28)45-5)30-20-44(43-42-30)36(13-14-36)24-10-11-24/h1,7-9,12,15-17,19-20,24,33,41-43H,10-11,13-14,21H2,2-5H3,(H,39,40)/t33-/m0/s1. The molecule has 7 rings (SSSR count). The summed E-state index contributed by atoms with van der Waals surface area (Å²) in [6, 6.07) is 14.2. The lowest BCUT2D eigenvalue weighted by atomic mass is 9.95. The van der Waals surface area contributed by atoms with Crippen LogP contribution >= 0.6 is 0 Å². The van der Waals surface area contributed by atoms with E-state index in [1.807, 2.05) is 30.3 Å². The molecule has 2 fully saturated rings. The van der Waals surface area contributed by atoms with Gasteiger partial charge in [0.2, 0.25) is 5.88 Å². The number of pyridine rings is 2. The number of methoxy groups -OCH3 is 1. The fourth-order valence-electron chi connectivity index (χ4n) is 6.54. The number of fused-ring (bicyclic) bond motifs is 2. The van der Waals surface area contributed by atoms with E-state index >= 15 is 0 Å². The smallest absolute Gasteiger partial charge is 0.221 e. The summed E-state index contributed by atoms with van der Waals surface area (Å²) >= 11 is 0. The number of aromatic nitrogens is 2. The van der Waals surface area contributed by atoms with E-state index in [9.17, 15) is 5.26 Å². The maximum absolute atomic E-state index is 10.2. The zero-order valence-corrected chi connectivity index (χ0v) is 26.2. The third kappa shape index (κ3) is 5.24. The van der Waals surface area contributed by atoms with Crippen molar-refractivity contribution in [3.8, 4) is 24.3 Å². The normalized spacial score (nSPS) is 17.6. The monoisotopic (exact) mass is 598 g/mol. The quantitative estimate of drug-likeness (QED) is 0.164. The van der Waals surface area contributed by atoms with Crippen LogP contribution in [0.3, 0.4) is 0 Å². The van der Waals surface area contributed by atoms with Gasteiger partial charge < -0.3 is 20.8 Å². The molecule has 3 heterocycles. The number of nitriles is 1. The number of benzene rings is 2. The van der Waals surface area contributed by atoms with Gasteiger partial charge in [-0.3, -0.25) is 9.99 Å². The fourth-order valence-corrected chi connectivity index (χ4v) is 6.54. The van der Waals surface area contributed by atoms with Crippen molar-refractivity contribution in [3.63, 3.8) is 0 Å². The lowest BCUT2D eigenvalue weighted by molar-refractivity contribution is 0.156. The van der Waals surface area contributed by atoms with Gasteiger partial charge in [0.15, 0.2) is 0 Å². The first-order chi connectivity index (χ1) is 21.7. The molecule has 4 aromatic rings. The third-order valence-electron chi connectivity index (χ3n) is 9.14. The molecule has 0 saturated heterocycles. The summed E-state index contributed by atoms with van der Waals surface area (Å²) in [7, 11) is 1.64. The lowest BCUT2D eigenvalue weighted by Crippen LogP contribution is -2.46. The maximum Gasteiger partial charge on any atom is 0.221 e. The third-order valence-corrected chi connectivity index (χ3v) is 9.14. The van der Waals surface area contributed by atoms with Gasteiger partial charge in [0.25, 0.3) is 0 Å². The van der Waals surface area contributed by atoms with Crippen LogP contribution < -0.4 is 26.3 Å².